The van der Waals surface area contributed by atoms with Gasteiger partial charge in [-0.1, -0.05) is 74.5 Å². The van der Waals surface area contributed by atoms with E-state index < -0.39 is 27.1 Å². The van der Waals surface area contributed by atoms with Crippen molar-refractivity contribution in [1.82, 2.24) is 4.72 Å². The zero-order valence-electron chi connectivity index (χ0n) is 21.6. The Labute approximate surface area is 220 Å². The van der Waals surface area contributed by atoms with Crippen molar-refractivity contribution < 1.29 is 18.3 Å². The Morgan fingerprint density at radius 2 is 1.61 bits per heavy atom. The Balaban J connectivity index is 1.65. The molecule has 0 unspecified atom stereocenters. The lowest BCUT2D eigenvalue weighted by Crippen LogP contribution is -2.57. The highest BCUT2D eigenvalue weighted by Gasteiger charge is 2.65. The summed E-state index contributed by atoms with van der Waals surface area (Å²) in [5.41, 5.74) is -0.610. The van der Waals surface area contributed by atoms with E-state index in [9.17, 15) is 18.3 Å². The molecular formula is C29H39NO4S2. The third kappa shape index (κ3) is 5.45. The second-order valence-electron chi connectivity index (χ2n) is 11.3. The van der Waals surface area contributed by atoms with Crippen LogP contribution in [0.15, 0.2) is 60.7 Å². The molecule has 0 aliphatic heterocycles. The smallest absolute Gasteiger partial charge is 0.212 e. The molecule has 0 amide bonds. The second-order valence-corrected chi connectivity index (χ2v) is 14.0. The molecule has 2 aliphatic carbocycles. The summed E-state index contributed by atoms with van der Waals surface area (Å²) in [6, 6.07) is 18.8. The fraction of sp³-hybridized carbons (Fsp3) is 0.552. The predicted molar refractivity (Wildman–Crippen MR) is 148 cm³/mol. The molecule has 2 fully saturated rings. The Morgan fingerprint density at radius 3 is 2.06 bits per heavy atom. The third-order valence-corrected chi connectivity index (χ3v) is 11.0. The van der Waals surface area contributed by atoms with E-state index in [2.05, 4.69) is 18.6 Å². The van der Waals surface area contributed by atoms with Crippen LogP contribution in [-0.2, 0) is 27.7 Å². The van der Waals surface area contributed by atoms with Gasteiger partial charge in [0, 0.05) is 24.7 Å². The minimum Gasteiger partial charge on any atom is -0.388 e. The van der Waals surface area contributed by atoms with Gasteiger partial charge in [-0.25, -0.2) is 13.1 Å². The molecule has 0 heterocycles. The maximum absolute atomic E-state index is 13.7. The summed E-state index contributed by atoms with van der Waals surface area (Å²) in [5.74, 6) is 0.834. The first-order valence-electron chi connectivity index (χ1n) is 12.8. The van der Waals surface area contributed by atoms with E-state index in [0.29, 0.717) is 37.9 Å². The molecule has 0 radical (unpaired) electrons. The molecule has 2 aliphatic rings. The molecule has 3 atom stereocenters. The molecule has 2 N–H and O–H groups in total. The van der Waals surface area contributed by atoms with Gasteiger partial charge in [-0.2, -0.15) is 11.8 Å². The Kier molecular flexibility index (Phi) is 8.06. The Hall–Kier alpha value is -1.67. The minimum atomic E-state index is -3.85. The van der Waals surface area contributed by atoms with Crippen LogP contribution in [0.3, 0.4) is 0 Å². The Morgan fingerprint density at radius 1 is 1.06 bits per heavy atom. The van der Waals surface area contributed by atoms with Crippen LogP contribution in [0.1, 0.15) is 50.7 Å². The van der Waals surface area contributed by atoms with Crippen molar-refractivity contribution in [3.8, 4) is 0 Å². The lowest BCUT2D eigenvalue weighted by Gasteiger charge is -2.40. The number of carbonyl (C=O) groups is 1. The zero-order valence-corrected chi connectivity index (χ0v) is 23.2. The van der Waals surface area contributed by atoms with Crippen molar-refractivity contribution in [3.05, 3.63) is 71.8 Å². The molecule has 196 valence electrons. The molecular weight excluding hydrogens is 490 g/mol. The maximum Gasteiger partial charge on any atom is 0.212 e. The highest BCUT2D eigenvalue weighted by Crippen LogP contribution is 2.64. The first-order valence-corrected chi connectivity index (χ1v) is 15.9. The van der Waals surface area contributed by atoms with Crippen molar-refractivity contribution >= 4 is 27.6 Å². The van der Waals surface area contributed by atoms with Gasteiger partial charge < -0.3 is 5.11 Å². The van der Waals surface area contributed by atoms with Crippen LogP contribution >= 0.6 is 11.8 Å². The monoisotopic (exact) mass is 529 g/mol. The summed E-state index contributed by atoms with van der Waals surface area (Å²) < 4.78 is 30.4. The predicted octanol–water partition coefficient (Wildman–Crippen LogP) is 4.64. The fourth-order valence-electron chi connectivity index (χ4n) is 6.57. The summed E-state index contributed by atoms with van der Waals surface area (Å²) in [6.07, 6.45) is 5.11. The van der Waals surface area contributed by atoms with Crippen molar-refractivity contribution in [1.29, 1.82) is 0 Å². The molecule has 2 saturated carbocycles. The SMILES string of the molecule is CSCC[C@H](NS(=O)(=O)C[C@]12CC[C@H](CC1=O)C2(C)C)C(O)(Cc1ccccc1)Cc1ccccc1. The van der Waals surface area contributed by atoms with E-state index in [1.54, 1.807) is 11.8 Å². The largest absolute Gasteiger partial charge is 0.388 e. The van der Waals surface area contributed by atoms with Crippen molar-refractivity contribution in [2.24, 2.45) is 16.7 Å². The van der Waals surface area contributed by atoms with Gasteiger partial charge >= 0.3 is 0 Å². The number of hydrogen-bond acceptors (Lipinski definition) is 5. The summed E-state index contributed by atoms with van der Waals surface area (Å²) in [5, 5.41) is 12.2. The molecule has 0 saturated heterocycles. The topological polar surface area (TPSA) is 83.5 Å². The van der Waals surface area contributed by atoms with Gasteiger partial charge in [-0.05, 0) is 53.7 Å². The average molecular weight is 530 g/mol. The number of hydrogen-bond donors (Lipinski definition) is 2. The average Bonchev–Trinajstić information content (AvgIpc) is 3.17. The quantitative estimate of drug-likeness (QED) is 0.419. The molecule has 2 aromatic carbocycles. The molecule has 36 heavy (non-hydrogen) atoms. The summed E-state index contributed by atoms with van der Waals surface area (Å²) in [7, 11) is -3.85. The summed E-state index contributed by atoms with van der Waals surface area (Å²) in [6.45, 7) is 4.11. The lowest BCUT2D eigenvalue weighted by atomic mass is 9.70. The molecule has 2 aromatic rings. The number of fused-ring (bicyclic) bond motifs is 2. The van der Waals surface area contributed by atoms with E-state index in [4.69, 9.17) is 0 Å². The van der Waals surface area contributed by atoms with Gasteiger partial charge in [0.25, 0.3) is 0 Å². The van der Waals surface area contributed by atoms with E-state index in [0.717, 1.165) is 17.5 Å². The van der Waals surface area contributed by atoms with Gasteiger partial charge in [-0.15, -0.1) is 0 Å². The number of nitrogens with one attached hydrogen (secondary N) is 1. The van der Waals surface area contributed by atoms with Gasteiger partial charge in [0.05, 0.1) is 17.4 Å². The van der Waals surface area contributed by atoms with Gasteiger partial charge in [-0.3, -0.25) is 4.79 Å². The number of carbonyl (C=O) groups excluding carboxylic acids is 1. The zero-order chi connectivity index (χ0) is 26.0. The maximum atomic E-state index is 13.7. The first-order chi connectivity index (χ1) is 17.0. The summed E-state index contributed by atoms with van der Waals surface area (Å²) >= 11 is 1.63. The first kappa shape index (κ1) is 27.4. The fourth-order valence-corrected chi connectivity index (χ4v) is 9.22. The number of aliphatic hydroxyl groups is 1. The molecule has 4 rings (SSSR count). The number of rotatable bonds is 12. The molecule has 0 spiro atoms. The standard InChI is InChI=1S/C29H39NO4S2/c1-27(2)24-14-16-28(27,26(31)18-24)21-36(33,34)30-25(15-17-35-3)29(32,19-22-10-6-4-7-11-22)20-23-12-8-5-9-13-23/h4-13,24-25,30,32H,14-21H2,1-3H3/t24-,25+,28-/m1/s1. The van der Waals surface area contributed by atoms with E-state index in [1.807, 2.05) is 66.9 Å². The second kappa shape index (κ2) is 10.6. The van der Waals surface area contributed by atoms with Crippen LogP contribution in [0.2, 0.25) is 0 Å². The third-order valence-electron chi connectivity index (χ3n) is 8.86. The van der Waals surface area contributed by atoms with Crippen LogP contribution in [-0.4, -0.2) is 48.7 Å². The lowest BCUT2D eigenvalue weighted by molar-refractivity contribution is -0.128. The molecule has 2 bridgehead atoms. The van der Waals surface area contributed by atoms with E-state index >= 15 is 0 Å². The van der Waals surface area contributed by atoms with E-state index in [1.165, 1.54) is 0 Å². The normalized spacial score (nSPS) is 24.2. The van der Waals surface area contributed by atoms with Crippen molar-refractivity contribution in [2.75, 3.05) is 17.8 Å². The van der Waals surface area contributed by atoms with Crippen LogP contribution < -0.4 is 4.72 Å². The van der Waals surface area contributed by atoms with Crippen LogP contribution in [0.4, 0.5) is 0 Å². The number of benzene rings is 2. The minimum absolute atomic E-state index is 0.0821. The highest BCUT2D eigenvalue weighted by molar-refractivity contribution is 7.98. The van der Waals surface area contributed by atoms with Gasteiger partial charge in [0.2, 0.25) is 10.0 Å². The van der Waals surface area contributed by atoms with Crippen molar-refractivity contribution in [3.63, 3.8) is 0 Å². The molecule has 5 nitrogen and oxygen atoms in total. The molecule has 0 aromatic heterocycles. The molecule has 7 heteroatoms. The van der Waals surface area contributed by atoms with Crippen molar-refractivity contribution in [2.45, 2.75) is 64.0 Å². The van der Waals surface area contributed by atoms with E-state index in [-0.39, 0.29) is 22.9 Å². The Bertz CT molecular complexity index is 1110. The number of ketones is 1. The van der Waals surface area contributed by atoms with Crippen LogP contribution in [0.5, 0.6) is 0 Å². The number of sulfonamides is 1. The van der Waals surface area contributed by atoms with Gasteiger partial charge in [0.15, 0.2) is 0 Å². The number of Topliss-reactive ketones (excluding diaryl/α,β-unsaturated/α-hetero) is 1. The van der Waals surface area contributed by atoms with Crippen LogP contribution in [0, 0.1) is 16.7 Å². The van der Waals surface area contributed by atoms with Gasteiger partial charge in [0.1, 0.15) is 5.78 Å². The van der Waals surface area contributed by atoms with Crippen LogP contribution in [0.25, 0.3) is 0 Å². The number of thioether (sulfide) groups is 1. The highest BCUT2D eigenvalue weighted by atomic mass is 32.2. The summed E-state index contributed by atoms with van der Waals surface area (Å²) in [4.78, 5) is 13.0.